The first-order valence-electron chi connectivity index (χ1n) is 9.55. The number of carbonyl (C=O) groups is 2. The van der Waals surface area contributed by atoms with E-state index >= 15 is 0 Å². The molecule has 1 saturated carbocycles. The number of hydrogen-bond donors (Lipinski definition) is 1. The number of rotatable bonds is 2. The molecule has 2 atom stereocenters. The Morgan fingerprint density at radius 2 is 1.69 bits per heavy atom. The van der Waals surface area contributed by atoms with Gasteiger partial charge in [-0.1, -0.05) is 31.0 Å². The Kier molecular flexibility index (Phi) is 5.88. The molecule has 3 aliphatic rings. The molecule has 4 rings (SSSR count). The van der Waals surface area contributed by atoms with Gasteiger partial charge in [-0.3, -0.25) is 9.59 Å². The number of fused-ring (bicyclic) bond motifs is 1. The molecule has 26 heavy (non-hydrogen) atoms. The van der Waals surface area contributed by atoms with Gasteiger partial charge in [-0.05, 0) is 37.4 Å². The zero-order chi connectivity index (χ0) is 17.3. The van der Waals surface area contributed by atoms with Gasteiger partial charge in [0.05, 0.1) is 5.41 Å². The Balaban J connectivity index is 0.00000196. The quantitative estimate of drug-likeness (QED) is 0.859. The fourth-order valence-corrected chi connectivity index (χ4v) is 4.86. The monoisotopic (exact) mass is 377 g/mol. The first-order valence-corrected chi connectivity index (χ1v) is 9.55. The molecule has 0 unspecified atom stereocenters. The molecule has 142 valence electrons. The van der Waals surface area contributed by atoms with Crippen molar-refractivity contribution in [2.45, 2.75) is 25.7 Å². The molecular weight excluding hydrogens is 350 g/mol. The van der Waals surface area contributed by atoms with Crippen molar-refractivity contribution in [1.82, 2.24) is 15.1 Å². The summed E-state index contributed by atoms with van der Waals surface area (Å²) in [4.78, 5) is 29.7. The van der Waals surface area contributed by atoms with Crippen molar-refractivity contribution in [2.75, 3.05) is 39.3 Å². The highest BCUT2D eigenvalue weighted by Gasteiger charge is 2.51. The molecule has 0 spiro atoms. The van der Waals surface area contributed by atoms with Gasteiger partial charge in [0.25, 0.3) is 5.91 Å². The summed E-state index contributed by atoms with van der Waals surface area (Å²) < 4.78 is 0. The highest BCUT2D eigenvalue weighted by Crippen LogP contribution is 2.45. The van der Waals surface area contributed by atoms with Gasteiger partial charge in [-0.2, -0.15) is 0 Å². The van der Waals surface area contributed by atoms with Crippen molar-refractivity contribution in [3.63, 3.8) is 0 Å². The molecule has 2 heterocycles. The summed E-state index contributed by atoms with van der Waals surface area (Å²) in [6.07, 6.45) is 4.61. The van der Waals surface area contributed by atoms with Gasteiger partial charge in [0.1, 0.15) is 0 Å². The van der Waals surface area contributed by atoms with Crippen LogP contribution in [0.25, 0.3) is 0 Å². The normalized spacial score (nSPS) is 28.2. The predicted octanol–water partition coefficient (Wildman–Crippen LogP) is 2.17. The van der Waals surface area contributed by atoms with Crippen LogP contribution in [0.5, 0.6) is 0 Å². The number of hydrogen-bond acceptors (Lipinski definition) is 3. The molecule has 2 aliphatic heterocycles. The topological polar surface area (TPSA) is 52.7 Å². The highest BCUT2D eigenvalue weighted by molar-refractivity contribution is 5.94. The molecule has 2 saturated heterocycles. The Morgan fingerprint density at radius 3 is 2.42 bits per heavy atom. The summed E-state index contributed by atoms with van der Waals surface area (Å²) in [7, 11) is 0. The number of amides is 2. The second-order valence-electron chi connectivity index (χ2n) is 7.68. The van der Waals surface area contributed by atoms with Crippen LogP contribution in [-0.4, -0.2) is 60.9 Å². The third kappa shape index (κ3) is 3.35. The number of piperazine rings is 1. The fourth-order valence-electron chi connectivity index (χ4n) is 4.86. The van der Waals surface area contributed by atoms with Crippen LogP contribution in [0.2, 0.25) is 0 Å². The summed E-state index contributed by atoms with van der Waals surface area (Å²) in [6.45, 7) is 4.40. The summed E-state index contributed by atoms with van der Waals surface area (Å²) in [6, 6.07) is 9.42. The first kappa shape index (κ1) is 19.2. The number of halogens is 1. The highest BCUT2D eigenvalue weighted by atomic mass is 35.5. The minimum atomic E-state index is -0.177. The van der Waals surface area contributed by atoms with Crippen molar-refractivity contribution in [1.29, 1.82) is 0 Å². The largest absolute Gasteiger partial charge is 0.339 e. The van der Waals surface area contributed by atoms with E-state index < -0.39 is 0 Å². The number of carbonyl (C=O) groups excluding carboxylic acids is 2. The van der Waals surface area contributed by atoms with E-state index in [4.69, 9.17) is 0 Å². The zero-order valence-corrected chi connectivity index (χ0v) is 16.0. The molecule has 3 fully saturated rings. The van der Waals surface area contributed by atoms with Crippen molar-refractivity contribution >= 4 is 24.2 Å². The second-order valence-corrected chi connectivity index (χ2v) is 7.68. The van der Waals surface area contributed by atoms with Crippen LogP contribution in [0.15, 0.2) is 30.3 Å². The maximum Gasteiger partial charge on any atom is 0.253 e. The third-order valence-electron chi connectivity index (χ3n) is 6.34. The molecule has 1 aliphatic carbocycles. The molecule has 2 amide bonds. The summed E-state index contributed by atoms with van der Waals surface area (Å²) in [5.74, 6) is 0.899. The fraction of sp³-hybridized carbons (Fsp3) is 0.600. The van der Waals surface area contributed by atoms with E-state index in [1.807, 2.05) is 40.1 Å². The Morgan fingerprint density at radius 1 is 1.00 bits per heavy atom. The van der Waals surface area contributed by atoms with Crippen LogP contribution in [0.3, 0.4) is 0 Å². The maximum absolute atomic E-state index is 13.3. The van der Waals surface area contributed by atoms with Crippen LogP contribution in [0.4, 0.5) is 0 Å². The molecule has 0 radical (unpaired) electrons. The Bertz CT molecular complexity index is 646. The van der Waals surface area contributed by atoms with E-state index in [9.17, 15) is 9.59 Å². The lowest BCUT2D eigenvalue weighted by molar-refractivity contribution is -0.146. The van der Waals surface area contributed by atoms with Crippen molar-refractivity contribution in [2.24, 2.45) is 11.3 Å². The standard InChI is InChI=1S/C20H27N3O2.ClH/c24-18(16-6-2-1-3-7-16)22-10-12-23(13-11-22)19(25)20-9-5-4-8-17(20)14-21-15-20;/h1-3,6-7,17,21H,4-5,8-15H2;1H/t17-,20+;/m0./s1. The minimum Gasteiger partial charge on any atom is -0.339 e. The maximum atomic E-state index is 13.3. The zero-order valence-electron chi connectivity index (χ0n) is 15.2. The second kappa shape index (κ2) is 7.97. The van der Waals surface area contributed by atoms with Gasteiger partial charge >= 0.3 is 0 Å². The van der Waals surface area contributed by atoms with Crippen LogP contribution in [0.1, 0.15) is 36.0 Å². The van der Waals surface area contributed by atoms with Crippen LogP contribution in [-0.2, 0) is 4.79 Å². The minimum absolute atomic E-state index is 0. The Labute approximate surface area is 161 Å². The summed E-state index contributed by atoms with van der Waals surface area (Å²) in [5.41, 5.74) is 0.553. The van der Waals surface area contributed by atoms with Gasteiger partial charge < -0.3 is 15.1 Å². The van der Waals surface area contributed by atoms with Gasteiger partial charge in [-0.25, -0.2) is 0 Å². The molecule has 1 N–H and O–H groups in total. The molecule has 0 bridgehead atoms. The molecule has 1 aromatic rings. The molecule has 5 nitrogen and oxygen atoms in total. The van der Waals surface area contributed by atoms with Gasteiger partial charge in [0.2, 0.25) is 5.91 Å². The van der Waals surface area contributed by atoms with Crippen LogP contribution in [0, 0.1) is 11.3 Å². The SMILES string of the molecule is Cl.O=C(c1ccccc1)N1CCN(C(=O)[C@@]23CCCC[C@H]2CNC3)CC1. The van der Waals surface area contributed by atoms with E-state index in [0.717, 1.165) is 31.5 Å². The van der Waals surface area contributed by atoms with Crippen LogP contribution < -0.4 is 5.32 Å². The van der Waals surface area contributed by atoms with Crippen LogP contribution >= 0.6 is 12.4 Å². The average molecular weight is 378 g/mol. The lowest BCUT2D eigenvalue weighted by atomic mass is 9.67. The molecular formula is C20H28ClN3O2. The van der Waals surface area contributed by atoms with E-state index in [-0.39, 0.29) is 23.7 Å². The third-order valence-corrected chi connectivity index (χ3v) is 6.34. The lowest BCUT2D eigenvalue weighted by Crippen LogP contribution is -2.56. The number of nitrogens with zero attached hydrogens (tertiary/aromatic N) is 2. The average Bonchev–Trinajstić information content (AvgIpc) is 3.13. The summed E-state index contributed by atoms with van der Waals surface area (Å²) in [5, 5.41) is 3.46. The van der Waals surface area contributed by atoms with Gasteiger partial charge in [0, 0.05) is 38.3 Å². The molecule has 0 aromatic heterocycles. The summed E-state index contributed by atoms with van der Waals surface area (Å²) >= 11 is 0. The van der Waals surface area contributed by atoms with E-state index in [1.54, 1.807) is 0 Å². The lowest BCUT2D eigenvalue weighted by Gasteiger charge is -2.43. The van der Waals surface area contributed by atoms with Gasteiger partial charge in [0.15, 0.2) is 0 Å². The van der Waals surface area contributed by atoms with Gasteiger partial charge in [-0.15, -0.1) is 12.4 Å². The predicted molar refractivity (Wildman–Crippen MR) is 103 cm³/mol. The van der Waals surface area contributed by atoms with Crippen molar-refractivity contribution < 1.29 is 9.59 Å². The first-order chi connectivity index (χ1) is 12.2. The number of benzene rings is 1. The van der Waals surface area contributed by atoms with E-state index in [0.29, 0.717) is 38.0 Å². The smallest absolute Gasteiger partial charge is 0.253 e. The Hall–Kier alpha value is -1.59. The molecule has 6 heteroatoms. The van der Waals surface area contributed by atoms with Crippen molar-refractivity contribution in [3.8, 4) is 0 Å². The van der Waals surface area contributed by atoms with E-state index in [1.165, 1.54) is 12.8 Å². The number of nitrogens with one attached hydrogen (secondary N) is 1. The molecule has 1 aromatic carbocycles. The van der Waals surface area contributed by atoms with E-state index in [2.05, 4.69) is 5.32 Å². The van der Waals surface area contributed by atoms with Crippen molar-refractivity contribution in [3.05, 3.63) is 35.9 Å².